The molecule has 7 atom stereocenters. The first-order valence-electron chi connectivity index (χ1n) is 7.31. The van der Waals surface area contributed by atoms with Gasteiger partial charge in [0.05, 0.1) is 23.4 Å². The van der Waals surface area contributed by atoms with Crippen molar-refractivity contribution in [1.29, 1.82) is 0 Å². The average Bonchev–Trinajstić information content (AvgIpc) is 2.35. The Balaban J connectivity index is 2.05. The van der Waals surface area contributed by atoms with Gasteiger partial charge in [0.2, 0.25) is 0 Å². The van der Waals surface area contributed by atoms with E-state index in [0.29, 0.717) is 18.3 Å². The monoisotopic (exact) mass is 254 g/mol. The summed E-state index contributed by atoms with van der Waals surface area (Å²) in [6, 6.07) is 0. The Morgan fingerprint density at radius 3 is 2.33 bits per heavy atom. The van der Waals surface area contributed by atoms with Gasteiger partial charge in [-0.3, -0.25) is 0 Å². The quantitative estimate of drug-likeness (QED) is 0.695. The zero-order valence-corrected chi connectivity index (χ0v) is 11.9. The van der Waals surface area contributed by atoms with E-state index in [2.05, 4.69) is 27.7 Å². The molecule has 0 radical (unpaired) electrons. The largest absolute Gasteiger partial charge is 0.393 e. The Morgan fingerprint density at radius 2 is 1.72 bits per heavy atom. The summed E-state index contributed by atoms with van der Waals surface area (Å²) in [5.41, 5.74) is -0.652. The molecule has 4 rings (SSSR count). The zero-order chi connectivity index (χ0) is 13.3. The van der Waals surface area contributed by atoms with E-state index in [1.807, 2.05) is 0 Å². The molecule has 4 aliphatic rings. The third kappa shape index (κ3) is 1.60. The van der Waals surface area contributed by atoms with Gasteiger partial charge < -0.3 is 14.9 Å². The molecule has 2 bridgehead atoms. The highest BCUT2D eigenvalue weighted by Crippen LogP contribution is 2.58. The molecule has 18 heavy (non-hydrogen) atoms. The lowest BCUT2D eigenvalue weighted by Gasteiger charge is -2.50. The van der Waals surface area contributed by atoms with Crippen LogP contribution in [0, 0.1) is 23.7 Å². The molecule has 0 amide bonds. The lowest BCUT2D eigenvalue weighted by atomic mass is 9.76. The van der Waals surface area contributed by atoms with Gasteiger partial charge in [0.25, 0.3) is 0 Å². The van der Waals surface area contributed by atoms with Crippen LogP contribution in [0.3, 0.4) is 0 Å². The van der Waals surface area contributed by atoms with Crippen LogP contribution in [0.25, 0.3) is 0 Å². The minimum Gasteiger partial charge on any atom is -0.393 e. The van der Waals surface area contributed by atoms with Crippen LogP contribution in [0.5, 0.6) is 0 Å². The molecule has 3 heteroatoms. The van der Waals surface area contributed by atoms with Crippen molar-refractivity contribution in [2.24, 2.45) is 23.7 Å². The summed E-state index contributed by atoms with van der Waals surface area (Å²) in [4.78, 5) is 0. The van der Waals surface area contributed by atoms with Crippen LogP contribution in [-0.4, -0.2) is 33.6 Å². The summed E-state index contributed by atoms with van der Waals surface area (Å²) in [5, 5.41) is 20.8. The van der Waals surface area contributed by atoms with Gasteiger partial charge in [0.1, 0.15) is 0 Å². The van der Waals surface area contributed by atoms with E-state index in [0.717, 1.165) is 12.8 Å². The fourth-order valence-electron chi connectivity index (χ4n) is 5.26. The predicted molar refractivity (Wildman–Crippen MR) is 69.1 cm³/mol. The summed E-state index contributed by atoms with van der Waals surface area (Å²) >= 11 is 0. The number of aliphatic hydroxyl groups excluding tert-OH is 2. The van der Waals surface area contributed by atoms with Crippen molar-refractivity contribution in [2.45, 2.75) is 70.4 Å². The van der Waals surface area contributed by atoms with E-state index in [9.17, 15) is 10.2 Å². The Kier molecular flexibility index (Phi) is 2.66. The van der Waals surface area contributed by atoms with Gasteiger partial charge in [0.15, 0.2) is 0 Å². The van der Waals surface area contributed by atoms with Crippen molar-refractivity contribution in [3.8, 4) is 0 Å². The molecule has 2 N–H and O–H groups in total. The molecule has 0 aromatic rings. The topological polar surface area (TPSA) is 49.7 Å². The number of aliphatic hydroxyl groups is 2. The van der Waals surface area contributed by atoms with Crippen LogP contribution in [0.4, 0.5) is 0 Å². The molecule has 2 heterocycles. The fraction of sp³-hybridized carbons (Fsp3) is 1.00. The highest BCUT2D eigenvalue weighted by Gasteiger charge is 2.61. The second kappa shape index (κ2) is 3.71. The molecule has 3 nitrogen and oxygen atoms in total. The molecule has 0 aromatic carbocycles. The first kappa shape index (κ1) is 12.9. The van der Waals surface area contributed by atoms with E-state index < -0.39 is 0 Å². The zero-order valence-electron chi connectivity index (χ0n) is 11.9. The number of hydrogen-bond acceptors (Lipinski definition) is 3. The lowest BCUT2D eigenvalue weighted by molar-refractivity contribution is -0.238. The van der Waals surface area contributed by atoms with Crippen LogP contribution < -0.4 is 0 Å². The normalized spacial score (nSPS) is 58.3. The minimum absolute atomic E-state index is 0.189. The standard InChI is InChI=1S/C15H26O3/c1-8-5-11(16)13-9(8)6-10-12(17)7-15(13,4)18-14(10,2)3/h8-13,16-17H,5-7H2,1-4H3/t8?,9-,10-,11-,12?,13?,15+/m1/s1. The fourth-order valence-corrected chi connectivity index (χ4v) is 5.26. The second-order valence-electron chi connectivity index (χ2n) is 7.60. The van der Waals surface area contributed by atoms with Crippen molar-refractivity contribution in [3.05, 3.63) is 0 Å². The Bertz CT molecular complexity index is 354. The molecular weight excluding hydrogens is 228 g/mol. The Morgan fingerprint density at radius 1 is 1.06 bits per heavy atom. The minimum atomic E-state index is -0.370. The van der Waals surface area contributed by atoms with Crippen LogP contribution in [0.1, 0.15) is 47.0 Å². The maximum Gasteiger partial charge on any atom is 0.0742 e. The van der Waals surface area contributed by atoms with Crippen molar-refractivity contribution in [3.63, 3.8) is 0 Å². The Labute approximate surface area is 110 Å². The van der Waals surface area contributed by atoms with E-state index in [-0.39, 0.29) is 35.2 Å². The summed E-state index contributed by atoms with van der Waals surface area (Å²) in [7, 11) is 0. The SMILES string of the molecule is CC1C[C@@H](O)C2[C@@H]1C[C@@H]1C(O)C[C@]2(C)OC1(C)C. The molecular formula is C15H26O3. The number of ether oxygens (including phenoxy) is 1. The first-order valence-corrected chi connectivity index (χ1v) is 7.31. The van der Waals surface area contributed by atoms with Gasteiger partial charge >= 0.3 is 0 Å². The number of hydrogen-bond donors (Lipinski definition) is 2. The van der Waals surface area contributed by atoms with Gasteiger partial charge in [-0.15, -0.1) is 0 Å². The lowest BCUT2D eigenvalue weighted by Crippen LogP contribution is -2.56. The first-order chi connectivity index (χ1) is 8.24. The molecule has 104 valence electrons. The van der Waals surface area contributed by atoms with Crippen molar-refractivity contribution >= 4 is 0 Å². The summed E-state index contributed by atoms with van der Waals surface area (Å²) < 4.78 is 6.37. The summed E-state index contributed by atoms with van der Waals surface area (Å²) in [6.45, 7) is 8.52. The van der Waals surface area contributed by atoms with Crippen LogP contribution >= 0.6 is 0 Å². The smallest absolute Gasteiger partial charge is 0.0742 e. The third-order valence-corrected chi connectivity index (χ3v) is 5.92. The number of fused-ring (bicyclic) bond motifs is 2. The molecule has 2 aliphatic carbocycles. The van der Waals surface area contributed by atoms with Gasteiger partial charge in [-0.1, -0.05) is 6.92 Å². The molecule has 3 unspecified atom stereocenters. The van der Waals surface area contributed by atoms with Crippen LogP contribution in [0.2, 0.25) is 0 Å². The molecule has 4 fully saturated rings. The predicted octanol–water partition coefficient (Wildman–Crippen LogP) is 1.96. The van der Waals surface area contributed by atoms with Gasteiger partial charge in [0, 0.05) is 18.3 Å². The van der Waals surface area contributed by atoms with Crippen molar-refractivity contribution < 1.29 is 14.9 Å². The van der Waals surface area contributed by atoms with Crippen LogP contribution in [-0.2, 0) is 4.74 Å². The van der Waals surface area contributed by atoms with E-state index in [1.54, 1.807) is 0 Å². The van der Waals surface area contributed by atoms with Crippen molar-refractivity contribution in [1.82, 2.24) is 0 Å². The average molecular weight is 254 g/mol. The molecule has 2 aliphatic heterocycles. The van der Waals surface area contributed by atoms with Gasteiger partial charge in [-0.25, -0.2) is 0 Å². The maximum atomic E-state index is 10.4. The number of rotatable bonds is 0. The van der Waals surface area contributed by atoms with Gasteiger partial charge in [-0.05, 0) is 45.4 Å². The van der Waals surface area contributed by atoms with Crippen LogP contribution in [0.15, 0.2) is 0 Å². The molecule has 0 spiro atoms. The highest BCUT2D eigenvalue weighted by molar-refractivity contribution is 5.10. The molecule has 2 saturated heterocycles. The van der Waals surface area contributed by atoms with E-state index in [4.69, 9.17) is 4.74 Å². The Hall–Kier alpha value is -0.120. The summed E-state index contributed by atoms with van der Waals surface area (Å²) in [5.74, 6) is 1.42. The van der Waals surface area contributed by atoms with E-state index >= 15 is 0 Å². The van der Waals surface area contributed by atoms with E-state index in [1.165, 1.54) is 0 Å². The van der Waals surface area contributed by atoms with Crippen molar-refractivity contribution in [2.75, 3.05) is 0 Å². The summed E-state index contributed by atoms with van der Waals surface area (Å²) in [6.07, 6.45) is 1.99. The maximum absolute atomic E-state index is 10.4. The highest BCUT2D eigenvalue weighted by atomic mass is 16.5. The molecule has 0 aromatic heterocycles. The van der Waals surface area contributed by atoms with Gasteiger partial charge in [-0.2, -0.15) is 0 Å². The molecule has 2 saturated carbocycles. The second-order valence-corrected chi connectivity index (χ2v) is 7.60. The third-order valence-electron chi connectivity index (χ3n) is 5.92.